The molecule has 1 aliphatic carbocycles. The standard InChI is InChI=1S/C21H23N3O2S/c1-23(2)17-8-10-18(11-9-17)24-19(25)13-27-21(24)15-4-3-5-16(12-15)22-20(26)14-6-7-14/h3-5,8-12,14,21H,6-7,13H2,1-2H3,(H,22,26)/t21-/m1/s1. The van der Waals surface area contributed by atoms with E-state index in [4.69, 9.17) is 0 Å². The predicted molar refractivity (Wildman–Crippen MR) is 111 cm³/mol. The van der Waals surface area contributed by atoms with E-state index in [1.165, 1.54) is 0 Å². The number of nitrogens with one attached hydrogen (secondary N) is 1. The summed E-state index contributed by atoms with van der Waals surface area (Å²) in [4.78, 5) is 28.5. The topological polar surface area (TPSA) is 52.6 Å². The number of carbonyl (C=O) groups excluding carboxylic acids is 2. The van der Waals surface area contributed by atoms with Crippen molar-refractivity contribution < 1.29 is 9.59 Å². The summed E-state index contributed by atoms with van der Waals surface area (Å²) in [6.45, 7) is 0. The third kappa shape index (κ3) is 3.81. The van der Waals surface area contributed by atoms with Crippen LogP contribution in [-0.4, -0.2) is 31.7 Å². The number of hydrogen-bond acceptors (Lipinski definition) is 4. The van der Waals surface area contributed by atoms with Gasteiger partial charge in [-0.15, -0.1) is 11.8 Å². The van der Waals surface area contributed by atoms with Gasteiger partial charge in [-0.25, -0.2) is 0 Å². The quantitative estimate of drug-likeness (QED) is 0.854. The van der Waals surface area contributed by atoms with Gasteiger partial charge >= 0.3 is 0 Å². The zero-order valence-electron chi connectivity index (χ0n) is 15.5. The number of benzene rings is 2. The Balaban J connectivity index is 1.58. The van der Waals surface area contributed by atoms with Crippen molar-refractivity contribution >= 4 is 40.6 Å². The average Bonchev–Trinajstić information content (AvgIpc) is 3.44. The minimum atomic E-state index is -0.0829. The molecule has 0 spiro atoms. The van der Waals surface area contributed by atoms with Gasteiger partial charge in [0.2, 0.25) is 11.8 Å². The summed E-state index contributed by atoms with van der Waals surface area (Å²) in [5.74, 6) is 0.829. The lowest BCUT2D eigenvalue weighted by molar-refractivity contribution is -0.117. The van der Waals surface area contributed by atoms with Crippen molar-refractivity contribution in [3.05, 3.63) is 54.1 Å². The molecule has 1 atom stereocenters. The van der Waals surface area contributed by atoms with Crippen molar-refractivity contribution in [2.75, 3.05) is 35.0 Å². The Hall–Kier alpha value is -2.47. The highest BCUT2D eigenvalue weighted by atomic mass is 32.2. The Morgan fingerprint density at radius 3 is 2.56 bits per heavy atom. The van der Waals surface area contributed by atoms with E-state index in [1.54, 1.807) is 11.8 Å². The van der Waals surface area contributed by atoms with Gasteiger partial charge in [0.05, 0.1) is 5.75 Å². The first-order valence-electron chi connectivity index (χ1n) is 9.15. The van der Waals surface area contributed by atoms with Gasteiger partial charge in [-0.1, -0.05) is 12.1 Å². The van der Waals surface area contributed by atoms with Crippen LogP contribution in [-0.2, 0) is 9.59 Å². The summed E-state index contributed by atoms with van der Waals surface area (Å²) in [7, 11) is 3.99. The number of amides is 2. The molecule has 1 saturated heterocycles. The molecule has 1 aliphatic heterocycles. The van der Waals surface area contributed by atoms with E-state index in [0.29, 0.717) is 5.75 Å². The number of nitrogens with zero attached hydrogens (tertiary/aromatic N) is 2. The molecule has 0 bridgehead atoms. The Bertz CT molecular complexity index is 862. The van der Waals surface area contributed by atoms with Crippen molar-refractivity contribution in [3.8, 4) is 0 Å². The molecule has 2 aliphatic rings. The molecule has 0 radical (unpaired) electrons. The van der Waals surface area contributed by atoms with E-state index in [1.807, 2.05) is 72.4 Å². The molecule has 0 aromatic heterocycles. The number of carbonyl (C=O) groups is 2. The van der Waals surface area contributed by atoms with Crippen LogP contribution >= 0.6 is 11.8 Å². The fourth-order valence-electron chi connectivity index (χ4n) is 3.22. The number of anilines is 3. The van der Waals surface area contributed by atoms with Gasteiger partial charge in [-0.2, -0.15) is 0 Å². The van der Waals surface area contributed by atoms with Crippen LogP contribution in [0.4, 0.5) is 17.1 Å². The molecule has 0 unspecified atom stereocenters. The van der Waals surface area contributed by atoms with Gasteiger partial charge in [0.25, 0.3) is 0 Å². The largest absolute Gasteiger partial charge is 0.378 e. The Kier molecular flexibility index (Phi) is 4.83. The van der Waals surface area contributed by atoms with Crippen molar-refractivity contribution in [2.24, 2.45) is 5.92 Å². The van der Waals surface area contributed by atoms with Crippen LogP contribution in [0.5, 0.6) is 0 Å². The molecule has 2 aromatic carbocycles. The second kappa shape index (κ2) is 7.27. The summed E-state index contributed by atoms with van der Waals surface area (Å²) in [6.07, 6.45) is 1.96. The van der Waals surface area contributed by atoms with Crippen LogP contribution in [0.3, 0.4) is 0 Å². The second-order valence-corrected chi connectivity index (χ2v) is 8.30. The van der Waals surface area contributed by atoms with Gasteiger partial charge in [0, 0.05) is 37.1 Å². The van der Waals surface area contributed by atoms with Gasteiger partial charge in [0.1, 0.15) is 5.37 Å². The van der Waals surface area contributed by atoms with E-state index < -0.39 is 0 Å². The third-order valence-corrected chi connectivity index (χ3v) is 6.11. The van der Waals surface area contributed by atoms with Crippen LogP contribution in [0.2, 0.25) is 0 Å². The van der Waals surface area contributed by atoms with Crippen molar-refractivity contribution in [1.82, 2.24) is 0 Å². The number of rotatable bonds is 5. The molecule has 1 heterocycles. The minimum Gasteiger partial charge on any atom is -0.378 e. The summed E-state index contributed by atoms with van der Waals surface area (Å²) in [6, 6.07) is 15.9. The predicted octanol–water partition coefficient (Wildman–Crippen LogP) is 3.88. The monoisotopic (exact) mass is 381 g/mol. The summed E-state index contributed by atoms with van der Waals surface area (Å²) in [5.41, 5.74) is 3.82. The highest BCUT2D eigenvalue weighted by molar-refractivity contribution is 8.00. The SMILES string of the molecule is CN(C)c1ccc(N2C(=O)CS[C@@H]2c2cccc(NC(=O)C3CC3)c2)cc1. The summed E-state index contributed by atoms with van der Waals surface area (Å²) in [5, 5.41) is 2.91. The molecular weight excluding hydrogens is 358 g/mol. The van der Waals surface area contributed by atoms with Gasteiger partial charge in [-0.3, -0.25) is 14.5 Å². The van der Waals surface area contributed by atoms with Crippen LogP contribution in [0.1, 0.15) is 23.8 Å². The highest BCUT2D eigenvalue weighted by Crippen LogP contribution is 2.42. The molecule has 5 nitrogen and oxygen atoms in total. The molecule has 2 aromatic rings. The average molecular weight is 382 g/mol. The van der Waals surface area contributed by atoms with Crippen LogP contribution in [0.15, 0.2) is 48.5 Å². The molecule has 27 heavy (non-hydrogen) atoms. The molecule has 1 N–H and O–H groups in total. The molecule has 2 fully saturated rings. The molecule has 140 valence electrons. The van der Waals surface area contributed by atoms with E-state index in [-0.39, 0.29) is 23.1 Å². The van der Waals surface area contributed by atoms with Crippen LogP contribution < -0.4 is 15.1 Å². The van der Waals surface area contributed by atoms with Gasteiger partial charge < -0.3 is 10.2 Å². The zero-order valence-corrected chi connectivity index (χ0v) is 16.3. The minimum absolute atomic E-state index is 0.0829. The molecular formula is C21H23N3O2S. The Morgan fingerprint density at radius 2 is 1.89 bits per heavy atom. The molecule has 2 amide bonds. The summed E-state index contributed by atoms with van der Waals surface area (Å²) >= 11 is 1.62. The second-order valence-electron chi connectivity index (χ2n) is 7.23. The fraction of sp³-hybridized carbons (Fsp3) is 0.333. The molecule has 1 saturated carbocycles. The normalized spacial score (nSPS) is 19.3. The molecule has 4 rings (SSSR count). The van der Waals surface area contributed by atoms with Crippen molar-refractivity contribution in [1.29, 1.82) is 0 Å². The van der Waals surface area contributed by atoms with E-state index in [0.717, 1.165) is 35.5 Å². The van der Waals surface area contributed by atoms with E-state index in [9.17, 15) is 9.59 Å². The Labute approximate surface area is 163 Å². The lowest BCUT2D eigenvalue weighted by Gasteiger charge is -2.25. The van der Waals surface area contributed by atoms with E-state index in [2.05, 4.69) is 5.32 Å². The number of thioether (sulfide) groups is 1. The maximum absolute atomic E-state index is 12.6. The smallest absolute Gasteiger partial charge is 0.238 e. The first-order valence-corrected chi connectivity index (χ1v) is 10.2. The maximum Gasteiger partial charge on any atom is 0.238 e. The first-order chi connectivity index (χ1) is 13.0. The first kappa shape index (κ1) is 17.9. The zero-order chi connectivity index (χ0) is 19.0. The molecule has 6 heteroatoms. The number of hydrogen-bond donors (Lipinski definition) is 1. The maximum atomic E-state index is 12.6. The van der Waals surface area contributed by atoms with Gasteiger partial charge in [0.15, 0.2) is 0 Å². The van der Waals surface area contributed by atoms with Crippen molar-refractivity contribution in [3.63, 3.8) is 0 Å². The van der Waals surface area contributed by atoms with Crippen molar-refractivity contribution in [2.45, 2.75) is 18.2 Å². The van der Waals surface area contributed by atoms with E-state index >= 15 is 0 Å². The van der Waals surface area contributed by atoms with Gasteiger partial charge in [-0.05, 0) is 54.8 Å². The fourth-order valence-corrected chi connectivity index (χ4v) is 4.39. The lowest BCUT2D eigenvalue weighted by Crippen LogP contribution is -2.28. The highest BCUT2D eigenvalue weighted by Gasteiger charge is 2.34. The third-order valence-electron chi connectivity index (χ3n) is 4.90. The Morgan fingerprint density at radius 1 is 1.15 bits per heavy atom. The van der Waals surface area contributed by atoms with Crippen LogP contribution in [0, 0.1) is 5.92 Å². The summed E-state index contributed by atoms with van der Waals surface area (Å²) < 4.78 is 0. The van der Waals surface area contributed by atoms with Crippen LogP contribution in [0.25, 0.3) is 0 Å². The lowest BCUT2D eigenvalue weighted by atomic mass is 10.1.